The van der Waals surface area contributed by atoms with Crippen molar-refractivity contribution in [1.29, 1.82) is 0 Å². The zero-order valence-corrected chi connectivity index (χ0v) is 11.7. The number of fused-ring (bicyclic) bond motifs is 1. The molecule has 6 heteroatoms. The molecular weight excluding hydrogens is 274 g/mol. The van der Waals surface area contributed by atoms with E-state index in [0.717, 1.165) is 16.6 Å². The lowest BCUT2D eigenvalue weighted by Crippen LogP contribution is -2.06. The van der Waals surface area contributed by atoms with Gasteiger partial charge in [-0.2, -0.15) is 5.10 Å². The van der Waals surface area contributed by atoms with Crippen molar-refractivity contribution in [2.75, 3.05) is 7.05 Å². The predicted octanol–water partition coefficient (Wildman–Crippen LogP) is 2.93. The molecule has 3 rings (SSSR count). The van der Waals surface area contributed by atoms with Gasteiger partial charge in [-0.15, -0.1) is 0 Å². The summed E-state index contributed by atoms with van der Waals surface area (Å²) in [5.41, 5.74) is 2.21. The van der Waals surface area contributed by atoms with Gasteiger partial charge in [0, 0.05) is 11.9 Å². The summed E-state index contributed by atoms with van der Waals surface area (Å²) in [6, 6.07) is 4.29. The van der Waals surface area contributed by atoms with Gasteiger partial charge in [0.2, 0.25) is 0 Å². The molecule has 1 aromatic carbocycles. The van der Waals surface area contributed by atoms with Crippen LogP contribution in [0, 0.1) is 18.6 Å². The van der Waals surface area contributed by atoms with Crippen molar-refractivity contribution in [3.05, 3.63) is 47.3 Å². The van der Waals surface area contributed by atoms with Crippen molar-refractivity contribution in [3.8, 4) is 11.3 Å². The van der Waals surface area contributed by atoms with Crippen LogP contribution < -0.4 is 5.32 Å². The minimum Gasteiger partial charge on any atom is -0.316 e. The van der Waals surface area contributed by atoms with E-state index in [4.69, 9.17) is 0 Å². The van der Waals surface area contributed by atoms with Gasteiger partial charge in [-0.3, -0.25) is 10.1 Å². The number of halogens is 2. The number of pyridine rings is 1. The fourth-order valence-electron chi connectivity index (χ4n) is 2.36. The minimum atomic E-state index is -0.617. The van der Waals surface area contributed by atoms with Gasteiger partial charge in [-0.05, 0) is 37.7 Å². The maximum absolute atomic E-state index is 14.2. The minimum absolute atomic E-state index is 0.114. The summed E-state index contributed by atoms with van der Waals surface area (Å²) < 4.78 is 28.4. The highest BCUT2D eigenvalue weighted by atomic mass is 19.1. The van der Waals surface area contributed by atoms with Crippen LogP contribution in [-0.4, -0.2) is 22.2 Å². The van der Waals surface area contributed by atoms with E-state index in [9.17, 15) is 8.78 Å². The summed E-state index contributed by atoms with van der Waals surface area (Å²) in [6.07, 6.45) is 1.53. The van der Waals surface area contributed by atoms with Crippen LogP contribution in [0.1, 0.15) is 11.3 Å². The van der Waals surface area contributed by atoms with Crippen molar-refractivity contribution in [2.45, 2.75) is 13.5 Å². The Hall–Kier alpha value is -2.34. The summed E-state index contributed by atoms with van der Waals surface area (Å²) >= 11 is 0. The van der Waals surface area contributed by atoms with Crippen molar-refractivity contribution in [2.24, 2.45) is 0 Å². The maximum atomic E-state index is 14.2. The standard InChI is InChI=1S/C15H14F2N4/c1-8-10-5-13(19-7-14(10)21-20-8)15-11(16)3-9(6-18-2)4-12(15)17/h3-5,7,18H,6H2,1-2H3,(H,20,21). The Bertz CT molecular complexity index is 788. The van der Waals surface area contributed by atoms with E-state index >= 15 is 0 Å². The van der Waals surface area contributed by atoms with E-state index < -0.39 is 11.6 Å². The topological polar surface area (TPSA) is 53.6 Å². The van der Waals surface area contributed by atoms with Gasteiger partial charge in [-0.25, -0.2) is 8.78 Å². The number of rotatable bonds is 3. The first-order valence-corrected chi connectivity index (χ1v) is 6.53. The second-order valence-corrected chi connectivity index (χ2v) is 4.89. The van der Waals surface area contributed by atoms with Crippen LogP contribution in [0.2, 0.25) is 0 Å². The molecule has 0 aliphatic rings. The molecule has 0 saturated carbocycles. The highest BCUT2D eigenvalue weighted by Crippen LogP contribution is 2.28. The average Bonchev–Trinajstić information content (AvgIpc) is 2.80. The molecule has 0 amide bonds. The Morgan fingerprint density at radius 3 is 2.57 bits per heavy atom. The first-order valence-electron chi connectivity index (χ1n) is 6.53. The number of hydrogen-bond acceptors (Lipinski definition) is 3. The molecule has 0 unspecified atom stereocenters. The van der Waals surface area contributed by atoms with Crippen LogP contribution in [0.4, 0.5) is 8.78 Å². The summed E-state index contributed by atoms with van der Waals surface area (Å²) in [6.45, 7) is 2.23. The Kier molecular flexibility index (Phi) is 3.39. The van der Waals surface area contributed by atoms with Crippen LogP contribution in [-0.2, 0) is 6.54 Å². The number of benzene rings is 1. The molecule has 4 nitrogen and oxygen atoms in total. The van der Waals surface area contributed by atoms with E-state index in [1.54, 1.807) is 13.1 Å². The molecular formula is C15H14F2N4. The van der Waals surface area contributed by atoms with Crippen molar-refractivity contribution in [3.63, 3.8) is 0 Å². The normalized spacial score (nSPS) is 11.2. The van der Waals surface area contributed by atoms with Gasteiger partial charge >= 0.3 is 0 Å². The van der Waals surface area contributed by atoms with Crippen LogP contribution in [0.3, 0.4) is 0 Å². The third-order valence-corrected chi connectivity index (χ3v) is 3.38. The number of hydrogen-bond donors (Lipinski definition) is 2. The first-order chi connectivity index (χ1) is 10.1. The van der Waals surface area contributed by atoms with Gasteiger partial charge < -0.3 is 5.32 Å². The van der Waals surface area contributed by atoms with E-state index in [-0.39, 0.29) is 11.3 Å². The van der Waals surface area contributed by atoms with E-state index in [1.165, 1.54) is 18.3 Å². The molecule has 2 N–H and O–H groups in total. The molecule has 3 aromatic rings. The highest BCUT2D eigenvalue weighted by molar-refractivity contribution is 5.84. The lowest BCUT2D eigenvalue weighted by atomic mass is 10.1. The zero-order chi connectivity index (χ0) is 15.0. The molecule has 0 spiro atoms. The fourth-order valence-corrected chi connectivity index (χ4v) is 2.36. The Labute approximate surface area is 120 Å². The molecule has 21 heavy (non-hydrogen) atoms. The number of aryl methyl sites for hydroxylation is 1. The maximum Gasteiger partial charge on any atom is 0.135 e. The summed E-state index contributed by atoms with van der Waals surface area (Å²) in [7, 11) is 1.72. The molecule has 0 aliphatic carbocycles. The Morgan fingerprint density at radius 2 is 1.90 bits per heavy atom. The van der Waals surface area contributed by atoms with Crippen LogP contribution >= 0.6 is 0 Å². The number of aromatic amines is 1. The molecule has 2 heterocycles. The SMILES string of the molecule is CNCc1cc(F)c(-c2cc3c(C)n[nH]c3cn2)c(F)c1. The lowest BCUT2D eigenvalue weighted by Gasteiger charge is -2.08. The van der Waals surface area contributed by atoms with Crippen LogP contribution in [0.25, 0.3) is 22.2 Å². The van der Waals surface area contributed by atoms with Gasteiger partial charge in [0.25, 0.3) is 0 Å². The predicted molar refractivity (Wildman–Crippen MR) is 76.7 cm³/mol. The third kappa shape index (κ3) is 2.38. The van der Waals surface area contributed by atoms with E-state index in [0.29, 0.717) is 12.1 Å². The molecule has 108 valence electrons. The van der Waals surface area contributed by atoms with Gasteiger partial charge in [0.05, 0.1) is 28.7 Å². The third-order valence-electron chi connectivity index (χ3n) is 3.38. The number of aromatic nitrogens is 3. The second kappa shape index (κ2) is 5.21. The van der Waals surface area contributed by atoms with E-state index in [1.807, 2.05) is 6.92 Å². The zero-order valence-electron chi connectivity index (χ0n) is 11.7. The number of H-pyrrole nitrogens is 1. The van der Waals surface area contributed by atoms with Crippen molar-refractivity contribution in [1.82, 2.24) is 20.5 Å². The second-order valence-electron chi connectivity index (χ2n) is 4.89. The number of nitrogens with zero attached hydrogens (tertiary/aromatic N) is 2. The average molecular weight is 288 g/mol. The molecule has 2 aromatic heterocycles. The fraction of sp³-hybridized carbons (Fsp3) is 0.200. The lowest BCUT2D eigenvalue weighted by molar-refractivity contribution is 0.583. The van der Waals surface area contributed by atoms with Gasteiger partial charge in [-0.1, -0.05) is 0 Å². The molecule has 0 fully saturated rings. The monoisotopic (exact) mass is 288 g/mol. The first kappa shape index (κ1) is 13.6. The van der Waals surface area contributed by atoms with Crippen molar-refractivity contribution >= 4 is 10.9 Å². The molecule has 0 aliphatic heterocycles. The van der Waals surface area contributed by atoms with Crippen molar-refractivity contribution < 1.29 is 8.78 Å². The largest absolute Gasteiger partial charge is 0.316 e. The van der Waals surface area contributed by atoms with Crippen LogP contribution in [0.15, 0.2) is 24.4 Å². The summed E-state index contributed by atoms with van der Waals surface area (Å²) in [5.74, 6) is -1.23. The Balaban J connectivity index is 2.15. The smallest absolute Gasteiger partial charge is 0.135 e. The number of nitrogens with one attached hydrogen (secondary N) is 2. The summed E-state index contributed by atoms with van der Waals surface area (Å²) in [4.78, 5) is 4.12. The highest BCUT2D eigenvalue weighted by Gasteiger charge is 2.15. The molecule has 0 bridgehead atoms. The molecule has 0 atom stereocenters. The molecule has 0 saturated heterocycles. The molecule has 0 radical (unpaired) electrons. The summed E-state index contributed by atoms with van der Waals surface area (Å²) in [5, 5.41) is 10.5. The van der Waals surface area contributed by atoms with Crippen LogP contribution in [0.5, 0.6) is 0 Å². The van der Waals surface area contributed by atoms with E-state index in [2.05, 4.69) is 20.5 Å². The quantitative estimate of drug-likeness (QED) is 0.779. The Morgan fingerprint density at radius 1 is 1.19 bits per heavy atom. The van der Waals surface area contributed by atoms with Gasteiger partial charge in [0.1, 0.15) is 11.6 Å². The van der Waals surface area contributed by atoms with Gasteiger partial charge in [0.15, 0.2) is 0 Å².